The second-order valence-electron chi connectivity index (χ2n) is 7.15. The van der Waals surface area contributed by atoms with Crippen molar-refractivity contribution < 1.29 is 19.0 Å². The van der Waals surface area contributed by atoms with Crippen LogP contribution in [0.4, 0.5) is 0 Å². The molecule has 1 heterocycles. The third kappa shape index (κ3) is 6.17. The van der Waals surface area contributed by atoms with Crippen LogP contribution in [0.5, 0.6) is 0 Å². The van der Waals surface area contributed by atoms with Crippen molar-refractivity contribution in [3.05, 3.63) is 83.6 Å². The second-order valence-corrected chi connectivity index (χ2v) is 7.15. The third-order valence-electron chi connectivity index (χ3n) is 5.19. The molecule has 1 aliphatic rings. The van der Waals surface area contributed by atoms with Gasteiger partial charge < -0.3 is 14.2 Å². The minimum Gasteiger partial charge on any atom is -0.499 e. The Balaban J connectivity index is 1.61. The van der Waals surface area contributed by atoms with Gasteiger partial charge in [0.2, 0.25) is 0 Å². The monoisotopic (exact) mass is 395 g/mol. The molecule has 0 aliphatic carbocycles. The van der Waals surface area contributed by atoms with Gasteiger partial charge in [-0.3, -0.25) is 4.90 Å². The van der Waals surface area contributed by atoms with Crippen LogP contribution < -0.4 is 0 Å². The number of ether oxygens (including phenoxy) is 3. The average molecular weight is 395 g/mol. The van der Waals surface area contributed by atoms with Gasteiger partial charge in [-0.15, -0.1) is 0 Å². The summed E-state index contributed by atoms with van der Waals surface area (Å²) in [7, 11) is 2.94. The molecule has 1 saturated heterocycles. The van der Waals surface area contributed by atoms with Gasteiger partial charge in [-0.1, -0.05) is 60.7 Å². The van der Waals surface area contributed by atoms with E-state index in [1.807, 2.05) is 12.1 Å². The van der Waals surface area contributed by atoms with Gasteiger partial charge in [0.25, 0.3) is 0 Å². The molecule has 154 valence electrons. The van der Waals surface area contributed by atoms with Crippen LogP contribution in [0.25, 0.3) is 0 Å². The SMILES string of the molecule is COC(=O)/C=C(\CN1CCC(OC(c2ccccc2)c2ccccc2)CC1)OC. The Kier molecular flexibility index (Phi) is 7.85. The molecule has 0 unspecified atom stereocenters. The number of carbonyl (C=O) groups excluding carboxylic acids is 1. The molecule has 0 atom stereocenters. The van der Waals surface area contributed by atoms with E-state index in [2.05, 4.69) is 58.2 Å². The Morgan fingerprint density at radius 2 is 1.52 bits per heavy atom. The Labute approximate surface area is 172 Å². The number of hydrogen-bond acceptors (Lipinski definition) is 5. The van der Waals surface area contributed by atoms with Gasteiger partial charge in [0.15, 0.2) is 0 Å². The largest absolute Gasteiger partial charge is 0.499 e. The van der Waals surface area contributed by atoms with Gasteiger partial charge in [-0.2, -0.15) is 0 Å². The number of nitrogens with zero attached hydrogens (tertiary/aromatic N) is 1. The molecule has 2 aromatic rings. The van der Waals surface area contributed by atoms with Crippen molar-refractivity contribution in [1.82, 2.24) is 4.90 Å². The average Bonchev–Trinajstić information content (AvgIpc) is 2.79. The normalized spacial score (nSPS) is 16.0. The lowest BCUT2D eigenvalue weighted by atomic mass is 10.00. The first kappa shape index (κ1) is 21.1. The fraction of sp³-hybridized carbons (Fsp3) is 0.375. The van der Waals surface area contributed by atoms with Crippen LogP contribution in [0.1, 0.15) is 30.1 Å². The highest BCUT2D eigenvalue weighted by Gasteiger charge is 2.25. The van der Waals surface area contributed by atoms with E-state index < -0.39 is 5.97 Å². The number of likely N-dealkylation sites (tertiary alicyclic amines) is 1. The van der Waals surface area contributed by atoms with Gasteiger partial charge in [0.1, 0.15) is 11.9 Å². The van der Waals surface area contributed by atoms with Crippen molar-refractivity contribution in [3.63, 3.8) is 0 Å². The van der Waals surface area contributed by atoms with Gasteiger partial charge in [0, 0.05) is 13.1 Å². The number of rotatable bonds is 8. The molecule has 0 spiro atoms. The van der Waals surface area contributed by atoms with E-state index in [1.54, 1.807) is 7.11 Å². The number of hydrogen-bond donors (Lipinski definition) is 0. The lowest BCUT2D eigenvalue weighted by Gasteiger charge is -2.34. The molecule has 0 N–H and O–H groups in total. The van der Waals surface area contributed by atoms with Crippen molar-refractivity contribution in [3.8, 4) is 0 Å². The zero-order chi connectivity index (χ0) is 20.5. The molecule has 1 fully saturated rings. The maximum atomic E-state index is 11.4. The van der Waals surface area contributed by atoms with Crippen LogP contribution in [0, 0.1) is 0 Å². The minimum atomic E-state index is -0.395. The Morgan fingerprint density at radius 1 is 0.966 bits per heavy atom. The van der Waals surface area contributed by atoms with Crippen molar-refractivity contribution in [2.75, 3.05) is 33.9 Å². The van der Waals surface area contributed by atoms with E-state index in [4.69, 9.17) is 9.47 Å². The molecule has 2 aromatic carbocycles. The summed E-state index contributed by atoms with van der Waals surface area (Å²) < 4.78 is 16.6. The molecule has 3 rings (SSSR count). The van der Waals surface area contributed by atoms with Crippen LogP contribution in [-0.2, 0) is 19.0 Å². The molecule has 0 aromatic heterocycles. The van der Waals surface area contributed by atoms with E-state index >= 15 is 0 Å². The first-order chi connectivity index (χ1) is 14.2. The number of esters is 1. The molecule has 0 radical (unpaired) electrons. The Hall–Kier alpha value is -2.63. The van der Waals surface area contributed by atoms with Crippen molar-refractivity contribution in [2.45, 2.75) is 25.0 Å². The summed E-state index contributed by atoms with van der Waals surface area (Å²) in [6.07, 6.45) is 3.40. The lowest BCUT2D eigenvalue weighted by Crippen LogP contribution is -2.38. The first-order valence-corrected chi connectivity index (χ1v) is 10.00. The molecule has 1 aliphatic heterocycles. The van der Waals surface area contributed by atoms with Gasteiger partial charge >= 0.3 is 5.97 Å². The number of methoxy groups -OCH3 is 2. The van der Waals surface area contributed by atoms with Crippen LogP contribution in [0.2, 0.25) is 0 Å². The molecule has 0 amide bonds. The van der Waals surface area contributed by atoms with E-state index in [1.165, 1.54) is 24.3 Å². The van der Waals surface area contributed by atoms with Crippen molar-refractivity contribution in [2.24, 2.45) is 0 Å². The number of carbonyl (C=O) groups is 1. The fourth-order valence-corrected chi connectivity index (χ4v) is 3.58. The molecule has 5 heteroatoms. The summed E-state index contributed by atoms with van der Waals surface area (Å²) in [5, 5.41) is 0. The highest BCUT2D eigenvalue weighted by molar-refractivity contribution is 5.82. The van der Waals surface area contributed by atoms with Crippen molar-refractivity contribution in [1.29, 1.82) is 0 Å². The van der Waals surface area contributed by atoms with E-state index in [9.17, 15) is 4.79 Å². The van der Waals surface area contributed by atoms with Crippen LogP contribution >= 0.6 is 0 Å². The molecule has 0 bridgehead atoms. The van der Waals surface area contributed by atoms with E-state index in [-0.39, 0.29) is 12.2 Å². The van der Waals surface area contributed by atoms with E-state index in [0.29, 0.717) is 12.3 Å². The maximum Gasteiger partial charge on any atom is 0.333 e. The van der Waals surface area contributed by atoms with Gasteiger partial charge in [-0.25, -0.2) is 4.79 Å². The zero-order valence-electron chi connectivity index (χ0n) is 17.1. The molecular formula is C24H29NO4. The number of benzene rings is 2. The molecule has 29 heavy (non-hydrogen) atoms. The highest BCUT2D eigenvalue weighted by Crippen LogP contribution is 2.30. The molecule has 5 nitrogen and oxygen atoms in total. The zero-order valence-corrected chi connectivity index (χ0v) is 17.1. The van der Waals surface area contributed by atoms with E-state index in [0.717, 1.165) is 25.9 Å². The standard InChI is InChI=1S/C24H29NO4/c1-27-22(17-23(26)28-2)18-25-15-13-21(14-16-25)29-24(19-9-5-3-6-10-19)20-11-7-4-8-12-20/h3-12,17,21,24H,13-16,18H2,1-2H3/b22-17+. The van der Waals surface area contributed by atoms with Gasteiger partial charge in [-0.05, 0) is 24.0 Å². The Morgan fingerprint density at radius 3 is 2.00 bits per heavy atom. The first-order valence-electron chi connectivity index (χ1n) is 10.00. The minimum absolute atomic E-state index is 0.0669. The summed E-state index contributed by atoms with van der Waals surface area (Å²) in [6, 6.07) is 20.7. The molecule has 0 saturated carbocycles. The van der Waals surface area contributed by atoms with Crippen LogP contribution in [0.15, 0.2) is 72.5 Å². The fourth-order valence-electron chi connectivity index (χ4n) is 3.58. The predicted molar refractivity (Wildman–Crippen MR) is 112 cm³/mol. The summed E-state index contributed by atoms with van der Waals surface area (Å²) in [5.41, 5.74) is 2.34. The predicted octanol–water partition coefficient (Wildman–Crippen LogP) is 3.96. The Bertz CT molecular complexity index is 744. The van der Waals surface area contributed by atoms with Crippen molar-refractivity contribution >= 4 is 5.97 Å². The summed E-state index contributed by atoms with van der Waals surface area (Å²) in [6.45, 7) is 2.38. The molecular weight excluding hydrogens is 366 g/mol. The quantitative estimate of drug-likeness (QED) is 0.385. The summed E-state index contributed by atoms with van der Waals surface area (Å²) in [4.78, 5) is 13.7. The second kappa shape index (κ2) is 10.8. The topological polar surface area (TPSA) is 48.0 Å². The third-order valence-corrected chi connectivity index (χ3v) is 5.19. The smallest absolute Gasteiger partial charge is 0.333 e. The van der Waals surface area contributed by atoms with Crippen LogP contribution in [-0.4, -0.2) is 50.8 Å². The summed E-state index contributed by atoms with van der Waals surface area (Å²) in [5.74, 6) is 0.219. The maximum absolute atomic E-state index is 11.4. The van der Waals surface area contributed by atoms with Gasteiger partial charge in [0.05, 0.1) is 32.9 Å². The highest BCUT2D eigenvalue weighted by atomic mass is 16.5. The van der Waals surface area contributed by atoms with Crippen LogP contribution in [0.3, 0.4) is 0 Å². The summed E-state index contributed by atoms with van der Waals surface area (Å²) >= 11 is 0. The lowest BCUT2D eigenvalue weighted by molar-refractivity contribution is -0.135. The number of piperidine rings is 1.